The number of hydrogen-bond donors (Lipinski definition) is 0. The van der Waals surface area contributed by atoms with E-state index in [1.807, 2.05) is 30.3 Å². The molecule has 8 heteroatoms. The minimum Gasteiger partial charge on any atom is -0.459 e. The number of sulfonamides is 1. The van der Waals surface area contributed by atoms with E-state index in [0.717, 1.165) is 10.8 Å². The van der Waals surface area contributed by atoms with Gasteiger partial charge in [-0.15, -0.1) is 0 Å². The highest BCUT2D eigenvalue weighted by molar-refractivity contribution is 7.89. The van der Waals surface area contributed by atoms with Crippen molar-refractivity contribution >= 4 is 32.4 Å². The second kappa shape index (κ2) is 6.83. The van der Waals surface area contributed by atoms with Gasteiger partial charge in [0.25, 0.3) is 0 Å². The van der Waals surface area contributed by atoms with Crippen LogP contribution in [0.15, 0.2) is 59.8 Å². The first-order valence-corrected chi connectivity index (χ1v) is 9.98. The molecule has 1 unspecified atom stereocenters. The van der Waals surface area contributed by atoms with Crippen LogP contribution in [0.2, 0.25) is 5.02 Å². The first-order valence-electron chi connectivity index (χ1n) is 8.16. The normalized spacial score (nSPS) is 18.3. The van der Waals surface area contributed by atoms with Crippen molar-refractivity contribution in [3.05, 3.63) is 59.9 Å². The van der Waals surface area contributed by atoms with Gasteiger partial charge in [-0.3, -0.25) is 0 Å². The molecule has 1 atom stereocenters. The summed E-state index contributed by atoms with van der Waals surface area (Å²) in [6.45, 7) is 0.654. The number of aromatic nitrogens is 2. The van der Waals surface area contributed by atoms with Crippen molar-refractivity contribution in [2.75, 3.05) is 13.1 Å². The summed E-state index contributed by atoms with van der Waals surface area (Å²) in [6.07, 6.45) is 3.18. The predicted octanol–water partition coefficient (Wildman–Crippen LogP) is 3.13. The quantitative estimate of drug-likeness (QED) is 0.685. The second-order valence-corrected chi connectivity index (χ2v) is 8.40. The molecule has 1 saturated heterocycles. The van der Waals surface area contributed by atoms with Gasteiger partial charge < -0.3 is 4.74 Å². The van der Waals surface area contributed by atoms with Gasteiger partial charge in [-0.1, -0.05) is 48.0 Å². The SMILES string of the molecule is O=S(=O)(c1cccc2ccccc12)N1CCC(Oc2ncc(Cl)cn2)C1. The Kier molecular flexibility index (Phi) is 4.52. The number of benzene rings is 2. The number of fused-ring (bicyclic) bond motifs is 1. The highest BCUT2D eigenvalue weighted by atomic mass is 35.5. The summed E-state index contributed by atoms with van der Waals surface area (Å²) in [7, 11) is -3.61. The maximum atomic E-state index is 13.1. The number of ether oxygens (including phenoxy) is 1. The summed E-state index contributed by atoms with van der Waals surface area (Å²) in [5.41, 5.74) is 0. The summed E-state index contributed by atoms with van der Waals surface area (Å²) in [5, 5.41) is 2.04. The molecule has 6 nitrogen and oxygen atoms in total. The van der Waals surface area contributed by atoms with Gasteiger partial charge in [0.2, 0.25) is 10.0 Å². The predicted molar refractivity (Wildman–Crippen MR) is 98.8 cm³/mol. The molecular weight excluding hydrogens is 374 g/mol. The van der Waals surface area contributed by atoms with E-state index in [-0.39, 0.29) is 18.7 Å². The zero-order valence-corrected chi connectivity index (χ0v) is 15.3. The molecule has 0 spiro atoms. The Hall–Kier alpha value is -2.22. The Bertz CT molecular complexity index is 1040. The van der Waals surface area contributed by atoms with Crippen LogP contribution in [0.5, 0.6) is 6.01 Å². The van der Waals surface area contributed by atoms with Gasteiger partial charge in [-0.2, -0.15) is 4.31 Å². The molecule has 0 saturated carbocycles. The van der Waals surface area contributed by atoms with Crippen molar-refractivity contribution in [1.82, 2.24) is 14.3 Å². The molecule has 0 amide bonds. The van der Waals surface area contributed by atoms with Gasteiger partial charge >= 0.3 is 6.01 Å². The number of rotatable bonds is 4. The van der Waals surface area contributed by atoms with Crippen LogP contribution in [-0.2, 0) is 10.0 Å². The van der Waals surface area contributed by atoms with Crippen molar-refractivity contribution in [2.24, 2.45) is 0 Å². The zero-order valence-electron chi connectivity index (χ0n) is 13.7. The molecule has 1 aliphatic heterocycles. The average molecular weight is 390 g/mol. The van der Waals surface area contributed by atoms with Crippen LogP contribution < -0.4 is 4.74 Å². The topological polar surface area (TPSA) is 72.4 Å². The van der Waals surface area contributed by atoms with E-state index in [4.69, 9.17) is 16.3 Å². The minimum absolute atomic E-state index is 0.198. The molecule has 1 fully saturated rings. The van der Waals surface area contributed by atoms with Crippen LogP contribution in [-0.4, -0.2) is 41.9 Å². The Morgan fingerprint density at radius 1 is 1.08 bits per heavy atom. The lowest BCUT2D eigenvalue weighted by atomic mass is 10.1. The summed E-state index contributed by atoms with van der Waals surface area (Å²) in [6, 6.07) is 13.0. The first-order chi connectivity index (χ1) is 12.5. The van der Waals surface area contributed by atoms with Crippen LogP contribution in [0.1, 0.15) is 6.42 Å². The van der Waals surface area contributed by atoms with Crippen LogP contribution in [0.3, 0.4) is 0 Å². The Balaban J connectivity index is 1.56. The van der Waals surface area contributed by atoms with E-state index >= 15 is 0 Å². The number of nitrogens with zero attached hydrogens (tertiary/aromatic N) is 3. The third kappa shape index (κ3) is 3.25. The highest BCUT2D eigenvalue weighted by Gasteiger charge is 2.34. The molecule has 0 radical (unpaired) electrons. The number of hydrogen-bond acceptors (Lipinski definition) is 5. The molecule has 134 valence electrons. The van der Waals surface area contributed by atoms with Gasteiger partial charge in [0.15, 0.2) is 0 Å². The average Bonchev–Trinajstić information content (AvgIpc) is 3.12. The van der Waals surface area contributed by atoms with E-state index in [2.05, 4.69) is 9.97 Å². The molecule has 1 aliphatic rings. The van der Waals surface area contributed by atoms with E-state index in [1.165, 1.54) is 16.7 Å². The maximum absolute atomic E-state index is 13.1. The van der Waals surface area contributed by atoms with Crippen LogP contribution in [0.4, 0.5) is 0 Å². The van der Waals surface area contributed by atoms with Gasteiger partial charge in [0.1, 0.15) is 6.10 Å². The maximum Gasteiger partial charge on any atom is 0.316 e. The number of halogens is 1. The van der Waals surface area contributed by atoms with Gasteiger partial charge in [-0.05, 0) is 17.9 Å². The van der Waals surface area contributed by atoms with Crippen molar-refractivity contribution in [1.29, 1.82) is 0 Å². The molecular formula is C18H16ClN3O3S. The zero-order chi connectivity index (χ0) is 18.1. The summed E-state index contributed by atoms with van der Waals surface area (Å²) in [4.78, 5) is 8.31. The lowest BCUT2D eigenvalue weighted by molar-refractivity contribution is 0.197. The van der Waals surface area contributed by atoms with E-state index in [1.54, 1.807) is 12.1 Å². The van der Waals surface area contributed by atoms with Crippen molar-refractivity contribution < 1.29 is 13.2 Å². The molecule has 1 aromatic heterocycles. The Morgan fingerprint density at radius 2 is 1.81 bits per heavy atom. The molecule has 0 aliphatic carbocycles. The van der Waals surface area contributed by atoms with Gasteiger partial charge in [0.05, 0.1) is 28.9 Å². The second-order valence-electron chi connectivity index (χ2n) is 6.05. The van der Waals surface area contributed by atoms with E-state index in [0.29, 0.717) is 22.9 Å². The third-order valence-corrected chi connectivity index (χ3v) is 6.46. The summed E-state index contributed by atoms with van der Waals surface area (Å²) in [5.74, 6) is 0. The summed E-state index contributed by atoms with van der Waals surface area (Å²) < 4.78 is 33.4. The lowest BCUT2D eigenvalue weighted by Gasteiger charge is -2.18. The fourth-order valence-corrected chi connectivity index (χ4v) is 4.88. The molecule has 0 bridgehead atoms. The molecule has 0 N–H and O–H groups in total. The van der Waals surface area contributed by atoms with Crippen molar-refractivity contribution in [3.63, 3.8) is 0 Å². The molecule has 4 rings (SSSR count). The highest BCUT2D eigenvalue weighted by Crippen LogP contribution is 2.28. The standard InChI is InChI=1S/C18H16ClN3O3S/c19-14-10-20-18(21-11-14)25-15-8-9-22(12-15)26(23,24)17-7-3-5-13-4-1-2-6-16(13)17/h1-7,10-11,15H,8-9,12H2. The molecule has 2 aromatic carbocycles. The van der Waals surface area contributed by atoms with Crippen LogP contribution in [0.25, 0.3) is 10.8 Å². The molecule has 2 heterocycles. The van der Waals surface area contributed by atoms with Crippen molar-refractivity contribution in [2.45, 2.75) is 17.4 Å². The fourth-order valence-electron chi connectivity index (χ4n) is 3.08. The van der Waals surface area contributed by atoms with E-state index in [9.17, 15) is 8.42 Å². The largest absolute Gasteiger partial charge is 0.459 e. The monoisotopic (exact) mass is 389 g/mol. The van der Waals surface area contributed by atoms with Gasteiger partial charge in [-0.25, -0.2) is 18.4 Å². The van der Waals surface area contributed by atoms with E-state index < -0.39 is 10.0 Å². The minimum atomic E-state index is -3.61. The van der Waals surface area contributed by atoms with Crippen LogP contribution >= 0.6 is 11.6 Å². The molecule has 3 aromatic rings. The Morgan fingerprint density at radius 3 is 2.62 bits per heavy atom. The fraction of sp³-hybridized carbons (Fsp3) is 0.222. The van der Waals surface area contributed by atoms with Gasteiger partial charge in [0, 0.05) is 11.9 Å². The van der Waals surface area contributed by atoms with Crippen LogP contribution in [0, 0.1) is 0 Å². The Labute approximate surface area is 156 Å². The smallest absolute Gasteiger partial charge is 0.316 e. The van der Waals surface area contributed by atoms with Crippen molar-refractivity contribution in [3.8, 4) is 6.01 Å². The summed E-state index contributed by atoms with van der Waals surface area (Å²) >= 11 is 5.76. The first kappa shape index (κ1) is 17.2. The molecule has 26 heavy (non-hydrogen) atoms. The third-order valence-electron chi connectivity index (χ3n) is 4.34. The lowest BCUT2D eigenvalue weighted by Crippen LogP contribution is -2.31.